The minimum absolute atomic E-state index is 0.0389. The highest BCUT2D eigenvalue weighted by Gasteiger charge is 2.22. The van der Waals surface area contributed by atoms with Crippen LogP contribution in [0.2, 0.25) is 0 Å². The summed E-state index contributed by atoms with van der Waals surface area (Å²) < 4.78 is 0. The molecule has 0 saturated heterocycles. The Kier molecular flexibility index (Phi) is 18.2. The molecule has 19 heavy (non-hydrogen) atoms. The van der Waals surface area contributed by atoms with Gasteiger partial charge >= 0.3 is 0 Å². The van der Waals surface area contributed by atoms with Crippen molar-refractivity contribution in [3.05, 3.63) is 23.8 Å². The Balaban J connectivity index is -0.000000579. The van der Waals surface area contributed by atoms with E-state index in [1.807, 2.05) is 33.8 Å². The van der Waals surface area contributed by atoms with Gasteiger partial charge in [-0.3, -0.25) is 0 Å². The molecule has 0 radical (unpaired) electrons. The molecule has 0 unspecified atom stereocenters. The lowest BCUT2D eigenvalue weighted by Gasteiger charge is -2.25. The SMILES string of the molecule is C#C.C=C([C@@H](C)O)[C@H](O)[C@H](C)/C(=C/C)CCC.CC. The van der Waals surface area contributed by atoms with Crippen LogP contribution in [-0.4, -0.2) is 22.4 Å². The van der Waals surface area contributed by atoms with E-state index in [0.717, 1.165) is 12.8 Å². The van der Waals surface area contributed by atoms with Crippen molar-refractivity contribution in [2.75, 3.05) is 0 Å². The van der Waals surface area contributed by atoms with Gasteiger partial charge in [0.25, 0.3) is 0 Å². The van der Waals surface area contributed by atoms with Crippen LogP contribution in [0.5, 0.6) is 0 Å². The molecule has 0 rings (SSSR count). The summed E-state index contributed by atoms with van der Waals surface area (Å²) in [5.41, 5.74) is 1.73. The summed E-state index contributed by atoms with van der Waals surface area (Å²) in [5.74, 6) is 0.0389. The second-order valence-corrected chi connectivity index (χ2v) is 4.10. The van der Waals surface area contributed by atoms with Crippen molar-refractivity contribution >= 4 is 0 Å². The Hall–Kier alpha value is -1.04. The molecule has 0 aliphatic heterocycles. The summed E-state index contributed by atoms with van der Waals surface area (Å²) in [4.78, 5) is 0. The van der Waals surface area contributed by atoms with Gasteiger partial charge in [0.1, 0.15) is 0 Å². The van der Waals surface area contributed by atoms with Gasteiger partial charge in [-0.2, -0.15) is 0 Å². The lowest BCUT2D eigenvalue weighted by atomic mass is 9.87. The Bertz CT molecular complexity index is 262. The lowest BCUT2D eigenvalue weighted by molar-refractivity contribution is 0.125. The second kappa shape index (κ2) is 15.0. The predicted octanol–water partition coefficient (Wildman–Crippen LogP) is 3.94. The fourth-order valence-electron chi connectivity index (χ4n) is 1.69. The molecule has 3 atom stereocenters. The minimum Gasteiger partial charge on any atom is -0.389 e. The molecule has 0 fully saturated rings. The zero-order valence-corrected chi connectivity index (χ0v) is 13.5. The number of terminal acetylenes is 1. The molecule has 0 aromatic rings. The largest absolute Gasteiger partial charge is 0.389 e. The van der Waals surface area contributed by atoms with E-state index in [0.29, 0.717) is 5.57 Å². The van der Waals surface area contributed by atoms with Crippen LogP contribution in [0.3, 0.4) is 0 Å². The number of aliphatic hydroxyl groups is 2. The zero-order valence-electron chi connectivity index (χ0n) is 13.5. The molecule has 2 N–H and O–H groups in total. The van der Waals surface area contributed by atoms with Crippen molar-refractivity contribution < 1.29 is 10.2 Å². The van der Waals surface area contributed by atoms with Gasteiger partial charge in [-0.25, -0.2) is 0 Å². The van der Waals surface area contributed by atoms with Crippen LogP contribution in [0.15, 0.2) is 23.8 Å². The van der Waals surface area contributed by atoms with E-state index in [4.69, 9.17) is 0 Å². The van der Waals surface area contributed by atoms with Gasteiger partial charge in [-0.1, -0.05) is 52.3 Å². The Morgan fingerprint density at radius 3 is 1.89 bits per heavy atom. The summed E-state index contributed by atoms with van der Waals surface area (Å²) in [6.07, 6.45) is 10.8. The molecule has 2 heteroatoms. The number of hydrogen-bond donors (Lipinski definition) is 2. The van der Waals surface area contributed by atoms with E-state index in [1.54, 1.807) is 6.92 Å². The van der Waals surface area contributed by atoms with Crippen molar-refractivity contribution in [3.8, 4) is 12.8 Å². The number of hydrogen-bond acceptors (Lipinski definition) is 2. The molecule has 2 nitrogen and oxygen atoms in total. The number of aliphatic hydroxyl groups excluding tert-OH is 2. The third kappa shape index (κ3) is 9.53. The highest BCUT2D eigenvalue weighted by Crippen LogP contribution is 2.24. The van der Waals surface area contributed by atoms with Gasteiger partial charge in [-0.05, 0) is 25.8 Å². The summed E-state index contributed by atoms with van der Waals surface area (Å²) in [6.45, 7) is 15.4. The van der Waals surface area contributed by atoms with Gasteiger partial charge < -0.3 is 10.2 Å². The fourth-order valence-corrected chi connectivity index (χ4v) is 1.69. The van der Waals surface area contributed by atoms with E-state index < -0.39 is 12.2 Å². The molecule has 0 aromatic carbocycles. The molecule has 0 aliphatic carbocycles. The van der Waals surface area contributed by atoms with Crippen LogP contribution in [0.25, 0.3) is 0 Å². The van der Waals surface area contributed by atoms with Crippen LogP contribution >= 0.6 is 0 Å². The third-order valence-corrected chi connectivity index (χ3v) is 2.88. The molecular weight excluding hydrogens is 236 g/mol. The van der Waals surface area contributed by atoms with Gasteiger partial charge in [0.2, 0.25) is 0 Å². The van der Waals surface area contributed by atoms with Crippen LogP contribution in [0, 0.1) is 18.8 Å². The molecule has 0 amide bonds. The molecule has 0 saturated carbocycles. The number of rotatable bonds is 6. The lowest BCUT2D eigenvalue weighted by Crippen LogP contribution is -2.26. The van der Waals surface area contributed by atoms with E-state index >= 15 is 0 Å². The first-order chi connectivity index (χ1) is 8.95. The molecule has 0 heterocycles. The summed E-state index contributed by atoms with van der Waals surface area (Å²) in [5, 5.41) is 19.3. The molecule has 0 aromatic heterocycles. The smallest absolute Gasteiger partial charge is 0.0834 e. The first kappa shape index (κ1) is 23.1. The van der Waals surface area contributed by atoms with Gasteiger partial charge in [0, 0.05) is 5.92 Å². The maximum absolute atomic E-state index is 9.98. The van der Waals surface area contributed by atoms with Gasteiger partial charge in [0.15, 0.2) is 0 Å². The van der Waals surface area contributed by atoms with Gasteiger partial charge in [0.05, 0.1) is 12.2 Å². The Labute approximate surface area is 120 Å². The molecule has 0 bridgehead atoms. The van der Waals surface area contributed by atoms with Crippen LogP contribution in [0.4, 0.5) is 0 Å². The molecule has 112 valence electrons. The molecule has 0 aliphatic rings. The first-order valence-corrected chi connectivity index (χ1v) is 6.98. The molecule has 0 spiro atoms. The average Bonchev–Trinajstić information content (AvgIpc) is 2.46. The van der Waals surface area contributed by atoms with Crippen molar-refractivity contribution in [2.24, 2.45) is 5.92 Å². The van der Waals surface area contributed by atoms with E-state index in [2.05, 4.69) is 26.3 Å². The quantitative estimate of drug-likeness (QED) is 0.566. The minimum atomic E-state index is -0.651. The normalized spacial score (nSPS) is 14.9. The highest BCUT2D eigenvalue weighted by molar-refractivity contribution is 5.16. The zero-order chi connectivity index (χ0) is 16.0. The number of allylic oxidation sites excluding steroid dienone is 1. The van der Waals surface area contributed by atoms with Gasteiger partial charge in [-0.15, -0.1) is 12.8 Å². The van der Waals surface area contributed by atoms with E-state index in [1.165, 1.54) is 5.57 Å². The Morgan fingerprint density at radius 1 is 1.21 bits per heavy atom. The highest BCUT2D eigenvalue weighted by atomic mass is 16.3. The van der Waals surface area contributed by atoms with Crippen molar-refractivity contribution in [1.29, 1.82) is 0 Å². The fraction of sp³-hybridized carbons (Fsp3) is 0.647. The average molecular weight is 268 g/mol. The van der Waals surface area contributed by atoms with Crippen LogP contribution in [-0.2, 0) is 0 Å². The Morgan fingerprint density at radius 2 is 1.63 bits per heavy atom. The third-order valence-electron chi connectivity index (χ3n) is 2.88. The maximum Gasteiger partial charge on any atom is 0.0834 e. The topological polar surface area (TPSA) is 40.5 Å². The van der Waals surface area contributed by atoms with Crippen LogP contribution < -0.4 is 0 Å². The summed E-state index contributed by atoms with van der Waals surface area (Å²) >= 11 is 0. The molecular formula is C17H32O2. The standard InChI is InChI=1S/C13H24O2.C2H6.C2H2/c1-6-8-12(7-2)10(4)13(15)9(3)11(5)14;2*1-2/h7,10-11,13-15H,3,6,8H2,1-2,4-5H3;1-2H3;1-2H/b12-7+;;/t10-,11-,13+;;/m1../s1. The van der Waals surface area contributed by atoms with Crippen molar-refractivity contribution in [1.82, 2.24) is 0 Å². The van der Waals surface area contributed by atoms with Crippen molar-refractivity contribution in [2.45, 2.75) is 66.6 Å². The van der Waals surface area contributed by atoms with E-state index in [9.17, 15) is 10.2 Å². The maximum atomic E-state index is 9.98. The summed E-state index contributed by atoms with van der Waals surface area (Å²) in [7, 11) is 0. The van der Waals surface area contributed by atoms with E-state index in [-0.39, 0.29) is 5.92 Å². The van der Waals surface area contributed by atoms with Crippen LogP contribution in [0.1, 0.15) is 54.4 Å². The first-order valence-electron chi connectivity index (χ1n) is 6.98. The predicted molar refractivity (Wildman–Crippen MR) is 85.9 cm³/mol. The second-order valence-electron chi connectivity index (χ2n) is 4.10. The monoisotopic (exact) mass is 268 g/mol. The van der Waals surface area contributed by atoms with Crippen molar-refractivity contribution in [3.63, 3.8) is 0 Å². The summed E-state index contributed by atoms with van der Waals surface area (Å²) in [6, 6.07) is 0.